The van der Waals surface area contributed by atoms with Gasteiger partial charge in [-0.25, -0.2) is 8.42 Å². The van der Waals surface area contributed by atoms with Gasteiger partial charge in [-0.2, -0.15) is 4.31 Å². The molecule has 0 unspecified atom stereocenters. The van der Waals surface area contributed by atoms with Crippen LogP contribution in [0.1, 0.15) is 0 Å². The molecule has 25 heavy (non-hydrogen) atoms. The molecule has 8 heteroatoms. The SMILES string of the molecule is COc1ccccc1OC1CN(S(=O)(=O)c2ccc3c(c2)OCO3)C1. The molecule has 2 aromatic rings. The lowest BCUT2D eigenvalue weighted by molar-refractivity contribution is 0.0736. The third kappa shape index (κ3) is 2.87. The van der Waals surface area contributed by atoms with Gasteiger partial charge in [0.15, 0.2) is 23.0 Å². The van der Waals surface area contributed by atoms with Gasteiger partial charge in [-0.3, -0.25) is 0 Å². The number of fused-ring (bicyclic) bond motifs is 1. The summed E-state index contributed by atoms with van der Waals surface area (Å²) < 4.78 is 48.3. The summed E-state index contributed by atoms with van der Waals surface area (Å²) in [5.41, 5.74) is 0. The number of methoxy groups -OCH3 is 1. The quantitative estimate of drug-likeness (QED) is 0.807. The average molecular weight is 363 g/mol. The molecule has 0 amide bonds. The first kappa shape index (κ1) is 16.0. The summed E-state index contributed by atoms with van der Waals surface area (Å²) in [6, 6.07) is 11.9. The summed E-state index contributed by atoms with van der Waals surface area (Å²) in [5.74, 6) is 2.23. The van der Waals surface area contributed by atoms with Gasteiger partial charge in [0.2, 0.25) is 16.8 Å². The Bertz CT molecular complexity index is 892. The number of rotatable bonds is 5. The zero-order chi connectivity index (χ0) is 17.4. The van der Waals surface area contributed by atoms with Gasteiger partial charge < -0.3 is 18.9 Å². The molecule has 0 aliphatic carbocycles. The molecule has 2 aliphatic rings. The summed E-state index contributed by atoms with van der Waals surface area (Å²) in [7, 11) is -2.01. The van der Waals surface area contributed by atoms with Crippen LogP contribution in [0.4, 0.5) is 0 Å². The van der Waals surface area contributed by atoms with E-state index in [9.17, 15) is 8.42 Å². The monoisotopic (exact) mass is 363 g/mol. The highest BCUT2D eigenvalue weighted by atomic mass is 32.2. The Morgan fingerprint density at radius 1 is 1.04 bits per heavy atom. The standard InChI is InChI=1S/C17H17NO6S/c1-21-14-4-2-3-5-16(14)24-12-9-18(10-12)25(19,20)13-6-7-15-17(8-13)23-11-22-15/h2-8,12H,9-11H2,1H3. The molecule has 0 atom stereocenters. The molecule has 1 fully saturated rings. The van der Waals surface area contributed by atoms with Crippen molar-refractivity contribution in [1.29, 1.82) is 0 Å². The Morgan fingerprint density at radius 3 is 2.52 bits per heavy atom. The predicted octanol–water partition coefficient (Wildman–Crippen LogP) is 1.88. The van der Waals surface area contributed by atoms with Crippen LogP contribution < -0.4 is 18.9 Å². The van der Waals surface area contributed by atoms with Crippen molar-refractivity contribution < 1.29 is 27.4 Å². The molecule has 2 aliphatic heterocycles. The van der Waals surface area contributed by atoms with Crippen LogP contribution in [0.3, 0.4) is 0 Å². The van der Waals surface area contributed by atoms with E-state index in [0.29, 0.717) is 23.0 Å². The zero-order valence-corrected chi connectivity index (χ0v) is 14.4. The second-order valence-electron chi connectivity index (χ2n) is 5.73. The molecular weight excluding hydrogens is 346 g/mol. The van der Waals surface area contributed by atoms with Crippen LogP contribution in [0.5, 0.6) is 23.0 Å². The lowest BCUT2D eigenvalue weighted by atomic mass is 10.2. The molecule has 7 nitrogen and oxygen atoms in total. The number of hydrogen-bond acceptors (Lipinski definition) is 6. The third-order valence-corrected chi connectivity index (χ3v) is 5.99. The fourth-order valence-corrected chi connectivity index (χ4v) is 4.27. The number of sulfonamides is 1. The molecular formula is C17H17NO6S. The largest absolute Gasteiger partial charge is 0.493 e. The molecule has 4 rings (SSSR count). The van der Waals surface area contributed by atoms with Crippen molar-refractivity contribution in [3.05, 3.63) is 42.5 Å². The molecule has 0 aromatic heterocycles. The maximum Gasteiger partial charge on any atom is 0.243 e. The van der Waals surface area contributed by atoms with Crippen LogP contribution in [0.2, 0.25) is 0 Å². The Morgan fingerprint density at radius 2 is 1.76 bits per heavy atom. The smallest absolute Gasteiger partial charge is 0.243 e. The van der Waals surface area contributed by atoms with E-state index < -0.39 is 10.0 Å². The lowest BCUT2D eigenvalue weighted by Crippen LogP contribution is -2.55. The molecule has 2 heterocycles. The molecule has 1 saturated heterocycles. The van der Waals surface area contributed by atoms with Gasteiger partial charge in [-0.05, 0) is 24.3 Å². The summed E-state index contributed by atoms with van der Waals surface area (Å²) >= 11 is 0. The van der Waals surface area contributed by atoms with Crippen molar-refractivity contribution >= 4 is 10.0 Å². The van der Waals surface area contributed by atoms with Crippen molar-refractivity contribution in [2.45, 2.75) is 11.0 Å². The van der Waals surface area contributed by atoms with Gasteiger partial charge in [0.25, 0.3) is 0 Å². The van der Waals surface area contributed by atoms with Crippen LogP contribution in [0.25, 0.3) is 0 Å². The van der Waals surface area contributed by atoms with E-state index in [2.05, 4.69) is 0 Å². The Balaban J connectivity index is 1.44. The van der Waals surface area contributed by atoms with Crippen LogP contribution in [-0.2, 0) is 10.0 Å². The van der Waals surface area contributed by atoms with Gasteiger partial charge in [0.1, 0.15) is 6.10 Å². The fraction of sp³-hybridized carbons (Fsp3) is 0.294. The number of nitrogens with zero attached hydrogens (tertiary/aromatic N) is 1. The molecule has 0 saturated carbocycles. The minimum absolute atomic E-state index is 0.109. The molecule has 0 radical (unpaired) electrons. The summed E-state index contributed by atoms with van der Waals surface area (Å²) in [4.78, 5) is 0.187. The van der Waals surface area contributed by atoms with E-state index in [1.807, 2.05) is 12.1 Å². The van der Waals surface area contributed by atoms with Crippen molar-refractivity contribution in [2.24, 2.45) is 0 Å². The van der Waals surface area contributed by atoms with E-state index in [1.165, 1.54) is 16.4 Å². The van der Waals surface area contributed by atoms with E-state index >= 15 is 0 Å². The number of ether oxygens (including phenoxy) is 4. The maximum absolute atomic E-state index is 12.7. The first-order chi connectivity index (χ1) is 12.1. The van der Waals surface area contributed by atoms with Crippen LogP contribution in [0.15, 0.2) is 47.4 Å². The van der Waals surface area contributed by atoms with Crippen molar-refractivity contribution in [1.82, 2.24) is 4.31 Å². The van der Waals surface area contributed by atoms with E-state index in [1.54, 1.807) is 25.3 Å². The fourth-order valence-electron chi connectivity index (χ4n) is 2.75. The van der Waals surface area contributed by atoms with Gasteiger partial charge >= 0.3 is 0 Å². The van der Waals surface area contributed by atoms with Crippen LogP contribution in [0, 0.1) is 0 Å². The van der Waals surface area contributed by atoms with Gasteiger partial charge in [-0.15, -0.1) is 0 Å². The average Bonchev–Trinajstić information content (AvgIpc) is 3.05. The number of benzene rings is 2. The molecule has 0 spiro atoms. The Hall–Kier alpha value is -2.45. The molecule has 0 bridgehead atoms. The second kappa shape index (κ2) is 6.12. The topological polar surface area (TPSA) is 74.3 Å². The highest BCUT2D eigenvalue weighted by molar-refractivity contribution is 7.89. The van der Waals surface area contributed by atoms with E-state index in [-0.39, 0.29) is 30.9 Å². The second-order valence-corrected chi connectivity index (χ2v) is 7.67. The van der Waals surface area contributed by atoms with Crippen molar-refractivity contribution in [3.63, 3.8) is 0 Å². The molecule has 2 aromatic carbocycles. The highest BCUT2D eigenvalue weighted by Crippen LogP contribution is 2.36. The number of hydrogen-bond donors (Lipinski definition) is 0. The highest BCUT2D eigenvalue weighted by Gasteiger charge is 2.39. The van der Waals surface area contributed by atoms with Gasteiger partial charge in [-0.1, -0.05) is 12.1 Å². The maximum atomic E-state index is 12.7. The summed E-state index contributed by atoms with van der Waals surface area (Å²) in [6.45, 7) is 0.682. The minimum Gasteiger partial charge on any atom is -0.493 e. The molecule has 132 valence electrons. The third-order valence-electron chi connectivity index (χ3n) is 4.16. The van der Waals surface area contributed by atoms with Crippen molar-refractivity contribution in [3.8, 4) is 23.0 Å². The Kier molecular flexibility index (Phi) is 3.93. The van der Waals surface area contributed by atoms with E-state index in [4.69, 9.17) is 18.9 Å². The minimum atomic E-state index is -3.58. The molecule has 0 N–H and O–H groups in total. The Labute approximate surface area is 145 Å². The normalized spacial score (nSPS) is 17.2. The summed E-state index contributed by atoms with van der Waals surface area (Å²) in [5, 5.41) is 0. The van der Waals surface area contributed by atoms with Gasteiger partial charge in [0, 0.05) is 6.07 Å². The number of para-hydroxylation sites is 2. The summed E-state index contributed by atoms with van der Waals surface area (Å²) in [6.07, 6.45) is -0.208. The van der Waals surface area contributed by atoms with Crippen LogP contribution in [-0.4, -0.2) is 45.8 Å². The first-order valence-corrected chi connectivity index (χ1v) is 9.21. The van der Waals surface area contributed by atoms with Crippen molar-refractivity contribution in [2.75, 3.05) is 27.0 Å². The zero-order valence-electron chi connectivity index (χ0n) is 13.5. The van der Waals surface area contributed by atoms with E-state index in [0.717, 1.165) is 0 Å². The predicted molar refractivity (Wildman–Crippen MR) is 88.7 cm³/mol. The van der Waals surface area contributed by atoms with Gasteiger partial charge in [0.05, 0.1) is 25.1 Å². The van der Waals surface area contributed by atoms with Crippen LogP contribution >= 0.6 is 0 Å². The lowest BCUT2D eigenvalue weighted by Gasteiger charge is -2.37. The first-order valence-electron chi connectivity index (χ1n) is 7.77.